The lowest BCUT2D eigenvalue weighted by molar-refractivity contribution is 0.0703. The number of rotatable bonds is 2. The van der Waals surface area contributed by atoms with E-state index in [1.807, 2.05) is 12.1 Å². The Morgan fingerprint density at radius 3 is 2.62 bits per heavy atom. The van der Waals surface area contributed by atoms with Crippen LogP contribution in [0.4, 0.5) is 0 Å². The summed E-state index contributed by atoms with van der Waals surface area (Å²) in [5, 5.41) is 5.08. The van der Waals surface area contributed by atoms with E-state index in [9.17, 15) is 13.2 Å². The normalized spacial score (nSPS) is 17.3. The summed E-state index contributed by atoms with van der Waals surface area (Å²) >= 11 is 1.40. The van der Waals surface area contributed by atoms with Crippen molar-refractivity contribution in [2.45, 2.75) is 0 Å². The van der Waals surface area contributed by atoms with Gasteiger partial charge in [0.05, 0.1) is 15.1 Å². The molecule has 3 rings (SSSR count). The number of carbonyl (C=O) groups is 1. The van der Waals surface area contributed by atoms with Crippen molar-refractivity contribution in [2.24, 2.45) is 5.14 Å². The van der Waals surface area contributed by atoms with Crippen LogP contribution in [0.25, 0.3) is 10.2 Å². The van der Waals surface area contributed by atoms with E-state index in [1.165, 1.54) is 15.6 Å². The second-order valence-corrected chi connectivity index (χ2v) is 7.36. The highest BCUT2D eigenvalue weighted by molar-refractivity contribution is 7.86. The van der Waals surface area contributed by atoms with Crippen molar-refractivity contribution in [3.05, 3.63) is 29.3 Å². The van der Waals surface area contributed by atoms with E-state index in [1.54, 1.807) is 17.2 Å². The number of hydrogen-bond donors (Lipinski definition) is 1. The molecule has 1 aliphatic rings. The molecule has 0 bridgehead atoms. The molecule has 0 radical (unpaired) electrons. The molecule has 1 aliphatic heterocycles. The highest BCUT2D eigenvalue weighted by atomic mass is 32.2. The van der Waals surface area contributed by atoms with Gasteiger partial charge >= 0.3 is 0 Å². The number of carbonyl (C=O) groups excluding carboxylic acids is 1. The van der Waals surface area contributed by atoms with Gasteiger partial charge in [-0.3, -0.25) is 9.78 Å². The fourth-order valence-electron chi connectivity index (χ4n) is 2.28. The first-order valence-electron chi connectivity index (χ1n) is 6.37. The molecule has 0 atom stereocenters. The monoisotopic (exact) mass is 326 g/mol. The fourth-order valence-corrected chi connectivity index (χ4v) is 3.94. The van der Waals surface area contributed by atoms with Gasteiger partial charge in [0.2, 0.25) is 0 Å². The van der Waals surface area contributed by atoms with Crippen molar-refractivity contribution in [3.63, 3.8) is 0 Å². The zero-order chi connectivity index (χ0) is 15.0. The minimum atomic E-state index is -3.67. The van der Waals surface area contributed by atoms with E-state index in [4.69, 9.17) is 5.14 Å². The fraction of sp³-hybridized carbons (Fsp3) is 0.333. The van der Waals surface area contributed by atoms with Gasteiger partial charge in [0.1, 0.15) is 0 Å². The van der Waals surface area contributed by atoms with E-state index in [2.05, 4.69) is 4.98 Å². The van der Waals surface area contributed by atoms with Gasteiger partial charge in [-0.15, -0.1) is 11.3 Å². The van der Waals surface area contributed by atoms with E-state index >= 15 is 0 Å². The molecule has 0 aliphatic carbocycles. The van der Waals surface area contributed by atoms with Gasteiger partial charge in [-0.1, -0.05) is 0 Å². The van der Waals surface area contributed by atoms with Crippen molar-refractivity contribution in [1.29, 1.82) is 0 Å². The summed E-state index contributed by atoms with van der Waals surface area (Å²) in [5.41, 5.74) is 0.800. The van der Waals surface area contributed by atoms with Crippen LogP contribution in [0.3, 0.4) is 0 Å². The second-order valence-electron chi connectivity index (χ2n) is 4.73. The van der Waals surface area contributed by atoms with Gasteiger partial charge in [0.25, 0.3) is 16.1 Å². The molecule has 0 spiro atoms. The van der Waals surface area contributed by atoms with Crippen molar-refractivity contribution in [3.8, 4) is 0 Å². The van der Waals surface area contributed by atoms with Crippen LogP contribution in [0.2, 0.25) is 0 Å². The molecule has 1 saturated heterocycles. The summed E-state index contributed by atoms with van der Waals surface area (Å²) in [6, 6.07) is 5.52. The van der Waals surface area contributed by atoms with Crippen LogP contribution < -0.4 is 5.14 Å². The minimum Gasteiger partial charge on any atom is -0.335 e. The highest BCUT2D eigenvalue weighted by Crippen LogP contribution is 2.25. The summed E-state index contributed by atoms with van der Waals surface area (Å²) in [6.45, 7) is 1.15. The predicted octanol–water partition coefficient (Wildman–Crippen LogP) is 0.258. The molecule has 21 heavy (non-hydrogen) atoms. The first kappa shape index (κ1) is 14.4. The van der Waals surface area contributed by atoms with Crippen LogP contribution in [0, 0.1) is 0 Å². The molecule has 0 unspecified atom stereocenters. The maximum Gasteiger partial charge on any atom is 0.277 e. The molecule has 2 N–H and O–H groups in total. The molecule has 7 nitrogen and oxygen atoms in total. The van der Waals surface area contributed by atoms with Crippen molar-refractivity contribution in [2.75, 3.05) is 26.2 Å². The van der Waals surface area contributed by atoms with Crippen molar-refractivity contribution >= 4 is 37.7 Å². The van der Waals surface area contributed by atoms with E-state index in [0.29, 0.717) is 18.0 Å². The van der Waals surface area contributed by atoms with Crippen LogP contribution in [0.5, 0.6) is 0 Å². The minimum absolute atomic E-state index is 0.0907. The summed E-state index contributed by atoms with van der Waals surface area (Å²) in [5.74, 6) is -0.0907. The average Bonchev–Trinajstić information content (AvgIpc) is 2.89. The lowest BCUT2D eigenvalue weighted by Gasteiger charge is -2.32. The Morgan fingerprint density at radius 2 is 2.00 bits per heavy atom. The number of aromatic nitrogens is 1. The van der Waals surface area contributed by atoms with E-state index in [0.717, 1.165) is 10.2 Å². The number of hydrogen-bond acceptors (Lipinski definition) is 5. The van der Waals surface area contributed by atoms with Gasteiger partial charge < -0.3 is 4.90 Å². The first-order chi connectivity index (χ1) is 9.95. The summed E-state index contributed by atoms with van der Waals surface area (Å²) in [7, 11) is -3.67. The van der Waals surface area contributed by atoms with E-state index in [-0.39, 0.29) is 19.0 Å². The molecule has 2 aromatic heterocycles. The average molecular weight is 326 g/mol. The van der Waals surface area contributed by atoms with Crippen molar-refractivity contribution < 1.29 is 13.2 Å². The maximum atomic E-state index is 12.4. The van der Waals surface area contributed by atoms with Gasteiger partial charge in [-0.05, 0) is 18.2 Å². The largest absolute Gasteiger partial charge is 0.335 e. The van der Waals surface area contributed by atoms with Crippen LogP contribution in [-0.4, -0.2) is 54.7 Å². The van der Waals surface area contributed by atoms with Crippen LogP contribution in [0.1, 0.15) is 9.67 Å². The third-order valence-electron chi connectivity index (χ3n) is 3.38. The Labute approximate surface area is 126 Å². The summed E-state index contributed by atoms with van der Waals surface area (Å²) in [6.07, 6.45) is 1.69. The zero-order valence-corrected chi connectivity index (χ0v) is 12.7. The quantitative estimate of drug-likeness (QED) is 0.856. The number of piperazine rings is 1. The van der Waals surface area contributed by atoms with Crippen LogP contribution in [-0.2, 0) is 10.2 Å². The smallest absolute Gasteiger partial charge is 0.277 e. The Morgan fingerprint density at radius 1 is 1.29 bits per heavy atom. The number of thiophene rings is 1. The topological polar surface area (TPSA) is 96.6 Å². The lowest BCUT2D eigenvalue weighted by atomic mass is 10.3. The molecule has 1 fully saturated rings. The Hall–Kier alpha value is -1.55. The number of pyridine rings is 1. The summed E-state index contributed by atoms with van der Waals surface area (Å²) < 4.78 is 24.6. The second kappa shape index (κ2) is 5.34. The van der Waals surface area contributed by atoms with Gasteiger partial charge in [-0.2, -0.15) is 12.7 Å². The third-order valence-corrected chi connectivity index (χ3v) is 5.55. The first-order valence-corrected chi connectivity index (χ1v) is 8.69. The number of nitrogens with zero attached hydrogens (tertiary/aromatic N) is 3. The van der Waals surface area contributed by atoms with Crippen molar-refractivity contribution in [1.82, 2.24) is 14.2 Å². The van der Waals surface area contributed by atoms with Gasteiger partial charge in [0.15, 0.2) is 0 Å². The third kappa shape index (κ3) is 2.91. The number of amides is 1. The number of nitrogens with two attached hydrogens (primary N) is 1. The highest BCUT2D eigenvalue weighted by Gasteiger charge is 2.27. The Balaban J connectivity index is 1.75. The number of fused-ring (bicyclic) bond motifs is 1. The zero-order valence-electron chi connectivity index (χ0n) is 11.1. The Kier molecular flexibility index (Phi) is 3.66. The molecule has 0 saturated carbocycles. The van der Waals surface area contributed by atoms with E-state index < -0.39 is 10.2 Å². The molecule has 9 heteroatoms. The molecule has 112 valence electrons. The molecule has 3 heterocycles. The molecule has 0 aromatic carbocycles. The van der Waals surface area contributed by atoms with Gasteiger partial charge in [0, 0.05) is 32.4 Å². The predicted molar refractivity (Wildman–Crippen MR) is 80.2 cm³/mol. The lowest BCUT2D eigenvalue weighted by Crippen LogP contribution is -2.52. The Bertz CT molecular complexity index is 746. The van der Waals surface area contributed by atoms with Crippen LogP contribution >= 0.6 is 11.3 Å². The van der Waals surface area contributed by atoms with Crippen LogP contribution in [0.15, 0.2) is 24.4 Å². The standard InChI is InChI=1S/C12H14N4O3S2/c13-21(18,19)16-6-4-15(5-7-16)12(17)11-8-9-10(20-11)2-1-3-14-9/h1-3,8H,4-7H2,(H2,13,18,19). The van der Waals surface area contributed by atoms with Gasteiger partial charge in [-0.25, -0.2) is 5.14 Å². The SMILES string of the molecule is NS(=O)(=O)N1CCN(C(=O)c2cc3ncccc3s2)CC1. The molecule has 2 aromatic rings. The summed E-state index contributed by atoms with van der Waals surface area (Å²) in [4.78, 5) is 18.9. The molecular weight excluding hydrogens is 312 g/mol. The maximum absolute atomic E-state index is 12.4. The molecule has 1 amide bonds. The molecular formula is C12H14N4O3S2.